The Morgan fingerprint density at radius 3 is 2.17 bits per heavy atom. The van der Waals surface area contributed by atoms with Crippen LogP contribution in [0.25, 0.3) is 0 Å². The van der Waals surface area contributed by atoms with Gasteiger partial charge in [-0.2, -0.15) is 0 Å². The number of rotatable bonds is 9. The second-order valence-electron chi connectivity index (χ2n) is 11.2. The summed E-state index contributed by atoms with van der Waals surface area (Å²) in [5.41, 5.74) is -0.397. The molecule has 48 heavy (non-hydrogen) atoms. The highest BCUT2D eigenvalue weighted by Crippen LogP contribution is 2.54. The van der Waals surface area contributed by atoms with Crippen LogP contribution >= 0.6 is 23.2 Å². The van der Waals surface area contributed by atoms with Crippen LogP contribution in [0.3, 0.4) is 0 Å². The molecule has 6 rings (SSSR count). The van der Waals surface area contributed by atoms with Crippen LogP contribution in [0, 0.1) is 0 Å². The normalized spacial score (nSPS) is 17.7. The smallest absolute Gasteiger partial charge is 0.274 e. The van der Waals surface area contributed by atoms with Crippen molar-refractivity contribution < 1.29 is 32.2 Å². The number of pyridine rings is 1. The van der Waals surface area contributed by atoms with Crippen molar-refractivity contribution in [3.05, 3.63) is 100 Å². The minimum Gasteiger partial charge on any atom is -0.497 e. The van der Waals surface area contributed by atoms with Gasteiger partial charge in [0, 0.05) is 62.3 Å². The Balaban J connectivity index is 1.49. The van der Waals surface area contributed by atoms with Crippen LogP contribution in [0.4, 0.5) is 11.4 Å². The van der Waals surface area contributed by atoms with Crippen molar-refractivity contribution in [3.8, 4) is 17.2 Å². The summed E-state index contributed by atoms with van der Waals surface area (Å²) in [7, 11) is -0.476. The minimum absolute atomic E-state index is 0.0273. The Labute approximate surface area is 288 Å². The van der Waals surface area contributed by atoms with E-state index in [-0.39, 0.29) is 37.8 Å². The fraction of sp³-hybridized carbons (Fsp3) is 0.265. The lowest BCUT2D eigenvalue weighted by Crippen LogP contribution is -2.52. The second kappa shape index (κ2) is 13.2. The molecule has 14 heteroatoms. The molecule has 4 aromatic rings. The molecule has 250 valence electrons. The average molecular weight is 712 g/mol. The van der Waals surface area contributed by atoms with Gasteiger partial charge in [-0.25, -0.2) is 12.7 Å². The first-order chi connectivity index (χ1) is 23.1. The van der Waals surface area contributed by atoms with Crippen LogP contribution in [-0.4, -0.2) is 77.6 Å². The second-order valence-corrected chi connectivity index (χ2v) is 13.8. The number of anilines is 2. The van der Waals surface area contributed by atoms with Gasteiger partial charge in [0.15, 0.2) is 0 Å². The zero-order valence-corrected chi connectivity index (χ0v) is 28.7. The van der Waals surface area contributed by atoms with Crippen LogP contribution in [0.1, 0.15) is 17.5 Å². The molecule has 1 atom stereocenters. The van der Waals surface area contributed by atoms with E-state index in [4.69, 9.17) is 37.4 Å². The lowest BCUT2D eigenvalue weighted by Gasteiger charge is -2.38. The number of hydrogen-bond donors (Lipinski definition) is 0. The number of carbonyl (C=O) groups is 2. The number of amides is 2. The minimum atomic E-state index is -4.67. The van der Waals surface area contributed by atoms with E-state index in [1.165, 1.54) is 51.7 Å². The quantitative estimate of drug-likeness (QED) is 0.232. The van der Waals surface area contributed by atoms with Gasteiger partial charge in [0.2, 0.25) is 5.91 Å². The van der Waals surface area contributed by atoms with E-state index in [0.717, 1.165) is 5.69 Å². The molecular formula is C34H32Cl2N4O7S. The van der Waals surface area contributed by atoms with E-state index in [1.54, 1.807) is 41.6 Å². The molecule has 1 fully saturated rings. The van der Waals surface area contributed by atoms with Gasteiger partial charge in [0.1, 0.15) is 27.6 Å². The Morgan fingerprint density at radius 1 is 0.833 bits per heavy atom. The summed E-state index contributed by atoms with van der Waals surface area (Å²) < 4.78 is 46.3. The summed E-state index contributed by atoms with van der Waals surface area (Å²) in [6, 6.07) is 17.5. The van der Waals surface area contributed by atoms with Crippen LogP contribution < -0.4 is 23.4 Å². The van der Waals surface area contributed by atoms with Crippen LogP contribution in [0.2, 0.25) is 10.0 Å². The Morgan fingerprint density at radius 2 is 1.50 bits per heavy atom. The predicted octanol–water partition coefficient (Wildman–Crippen LogP) is 5.17. The summed E-state index contributed by atoms with van der Waals surface area (Å²) in [6.07, 6.45) is 3.02. The number of hydrogen-bond acceptors (Lipinski definition) is 9. The predicted molar refractivity (Wildman–Crippen MR) is 182 cm³/mol. The van der Waals surface area contributed by atoms with Crippen molar-refractivity contribution in [2.24, 2.45) is 0 Å². The Kier molecular flexibility index (Phi) is 9.16. The third-order valence-corrected chi connectivity index (χ3v) is 11.3. The Bertz CT molecular complexity index is 1990. The number of carbonyl (C=O) groups excluding carboxylic acids is 2. The van der Waals surface area contributed by atoms with Gasteiger partial charge in [-0.15, -0.1) is 0 Å². The number of ether oxygens (including phenoxy) is 3. The zero-order chi connectivity index (χ0) is 34.2. The highest BCUT2D eigenvalue weighted by atomic mass is 35.5. The molecule has 1 aromatic heterocycles. The van der Waals surface area contributed by atoms with Gasteiger partial charge in [-0.05, 0) is 48.0 Å². The molecule has 0 spiro atoms. The van der Waals surface area contributed by atoms with Crippen molar-refractivity contribution >= 4 is 56.4 Å². The first-order valence-corrected chi connectivity index (χ1v) is 17.1. The number of piperazine rings is 1. The average Bonchev–Trinajstić information content (AvgIpc) is 3.35. The molecule has 3 aromatic carbocycles. The molecule has 11 nitrogen and oxygen atoms in total. The van der Waals surface area contributed by atoms with Gasteiger partial charge < -0.3 is 24.0 Å². The standard InChI is InChI=1S/C34H32Cl2N4O7S/c1-45-23-8-9-31(30(18-23)47-3)48(43,44)40-28-20-27(36)26(35)19-25(28)34(33(40)42,24-6-4-5-7-29(24)46-2)21-32(41)39-16-14-38(15-17-39)22-10-12-37-13-11-22/h4-13,18-20H,14-17,21H2,1-3H3. The fourth-order valence-corrected chi connectivity index (χ4v) is 8.34. The molecule has 0 N–H and O–H groups in total. The molecule has 1 saturated heterocycles. The number of methoxy groups -OCH3 is 3. The van der Waals surface area contributed by atoms with E-state index in [9.17, 15) is 13.2 Å². The van der Waals surface area contributed by atoms with Gasteiger partial charge in [0.25, 0.3) is 15.9 Å². The number of fused-ring (bicyclic) bond motifs is 1. The molecule has 0 bridgehead atoms. The highest BCUT2D eigenvalue weighted by molar-refractivity contribution is 7.93. The van der Waals surface area contributed by atoms with Crippen LogP contribution in [0.5, 0.6) is 17.2 Å². The number of nitrogens with zero attached hydrogens (tertiary/aromatic N) is 4. The first kappa shape index (κ1) is 33.4. The molecule has 1 unspecified atom stereocenters. The summed E-state index contributed by atoms with van der Waals surface area (Å²) >= 11 is 13.0. The van der Waals surface area contributed by atoms with Gasteiger partial charge in [-0.1, -0.05) is 41.4 Å². The highest BCUT2D eigenvalue weighted by Gasteiger charge is 2.59. The molecule has 2 amide bonds. The molecule has 3 heterocycles. The van der Waals surface area contributed by atoms with Crippen molar-refractivity contribution in [1.82, 2.24) is 9.88 Å². The maximum atomic E-state index is 15.1. The number of sulfonamides is 1. The molecular weight excluding hydrogens is 679 g/mol. The number of para-hydroxylation sites is 1. The van der Waals surface area contributed by atoms with E-state index < -0.39 is 27.8 Å². The van der Waals surface area contributed by atoms with E-state index in [1.807, 2.05) is 12.1 Å². The van der Waals surface area contributed by atoms with Crippen LogP contribution in [-0.2, 0) is 25.0 Å². The van der Waals surface area contributed by atoms with E-state index in [0.29, 0.717) is 47.5 Å². The third-order valence-electron chi connectivity index (χ3n) is 8.80. The molecule has 0 aliphatic carbocycles. The summed E-state index contributed by atoms with van der Waals surface area (Å²) in [5.74, 6) is -0.628. The summed E-state index contributed by atoms with van der Waals surface area (Å²) in [6.45, 7) is 1.88. The summed E-state index contributed by atoms with van der Waals surface area (Å²) in [5, 5.41) is 0.113. The molecule has 2 aliphatic heterocycles. The molecule has 0 radical (unpaired) electrons. The van der Waals surface area contributed by atoms with Crippen molar-refractivity contribution in [2.75, 3.05) is 56.7 Å². The number of benzene rings is 3. The molecule has 0 saturated carbocycles. The van der Waals surface area contributed by atoms with Crippen molar-refractivity contribution in [2.45, 2.75) is 16.7 Å². The lowest BCUT2D eigenvalue weighted by molar-refractivity contribution is -0.135. The van der Waals surface area contributed by atoms with Crippen molar-refractivity contribution in [3.63, 3.8) is 0 Å². The van der Waals surface area contributed by atoms with Crippen molar-refractivity contribution in [1.29, 1.82) is 0 Å². The van der Waals surface area contributed by atoms with Gasteiger partial charge >= 0.3 is 0 Å². The zero-order valence-electron chi connectivity index (χ0n) is 26.4. The SMILES string of the molecule is COc1ccc(S(=O)(=O)N2C(=O)C(CC(=O)N3CCN(c4ccncc4)CC3)(c3ccccc3OC)c3cc(Cl)c(Cl)cc32)c(OC)c1. The van der Waals surface area contributed by atoms with E-state index >= 15 is 4.79 Å². The fourth-order valence-electron chi connectivity index (χ4n) is 6.40. The lowest BCUT2D eigenvalue weighted by atomic mass is 9.72. The maximum absolute atomic E-state index is 15.1. The van der Waals surface area contributed by atoms with Crippen LogP contribution in [0.15, 0.2) is 84.0 Å². The summed E-state index contributed by atoms with van der Waals surface area (Å²) in [4.78, 5) is 37.1. The number of halogens is 2. The topological polar surface area (TPSA) is 119 Å². The van der Waals surface area contributed by atoms with Gasteiger partial charge in [-0.3, -0.25) is 14.6 Å². The number of aromatic nitrogens is 1. The third kappa shape index (κ3) is 5.57. The largest absolute Gasteiger partial charge is 0.497 e. The molecule has 2 aliphatic rings. The first-order valence-electron chi connectivity index (χ1n) is 14.9. The van der Waals surface area contributed by atoms with Gasteiger partial charge in [0.05, 0.1) is 37.1 Å². The monoisotopic (exact) mass is 710 g/mol. The van der Waals surface area contributed by atoms with E-state index in [2.05, 4.69) is 9.88 Å². The maximum Gasteiger partial charge on any atom is 0.274 e. The Hall–Kier alpha value is -4.52.